The number of carbonyl (C=O) groups is 3. The molecule has 23 heavy (non-hydrogen) atoms. The number of methoxy groups -OCH3 is 1. The Morgan fingerprint density at radius 3 is 2.52 bits per heavy atom. The molecular weight excluding hydrogens is 320 g/mol. The average Bonchev–Trinajstić information content (AvgIpc) is 2.95. The third-order valence-corrected chi connectivity index (χ3v) is 3.47. The van der Waals surface area contributed by atoms with Crippen molar-refractivity contribution in [2.24, 2.45) is 0 Å². The van der Waals surface area contributed by atoms with E-state index >= 15 is 0 Å². The van der Waals surface area contributed by atoms with Gasteiger partial charge < -0.3 is 19.7 Å². The fraction of sp³-hybridized carbons (Fsp3) is 0.533. The summed E-state index contributed by atoms with van der Waals surface area (Å²) in [5.74, 6) is -0.915. The van der Waals surface area contributed by atoms with Crippen molar-refractivity contribution in [1.29, 1.82) is 0 Å². The number of thiophene rings is 1. The Kier molecular flexibility index (Phi) is 7.02. The molecule has 128 valence electrons. The highest BCUT2D eigenvalue weighted by atomic mass is 32.1. The molecule has 0 fully saturated rings. The molecule has 0 aliphatic rings. The summed E-state index contributed by atoms with van der Waals surface area (Å²) in [5, 5.41) is 4.27. The Hall–Kier alpha value is -2.09. The number of nitrogens with one attached hydrogen (secondary N) is 1. The Balaban J connectivity index is 2.60. The average molecular weight is 342 g/mol. The van der Waals surface area contributed by atoms with Crippen LogP contribution < -0.4 is 5.32 Å². The van der Waals surface area contributed by atoms with Gasteiger partial charge in [-0.2, -0.15) is 0 Å². The Morgan fingerprint density at radius 1 is 1.30 bits per heavy atom. The highest BCUT2D eigenvalue weighted by Gasteiger charge is 2.21. The van der Waals surface area contributed by atoms with Crippen LogP contribution >= 0.6 is 11.3 Å². The van der Waals surface area contributed by atoms with Gasteiger partial charge in [0.15, 0.2) is 0 Å². The van der Waals surface area contributed by atoms with Crippen LogP contribution in [0, 0.1) is 0 Å². The second-order valence-corrected chi connectivity index (χ2v) is 6.79. The number of rotatable bonds is 6. The number of nitrogens with zero attached hydrogens (tertiary/aromatic N) is 1. The lowest BCUT2D eigenvalue weighted by Crippen LogP contribution is -2.43. The number of carbonyl (C=O) groups excluding carboxylic acids is 3. The first-order valence-electron chi connectivity index (χ1n) is 7.05. The van der Waals surface area contributed by atoms with Gasteiger partial charge in [-0.25, -0.2) is 4.79 Å². The van der Waals surface area contributed by atoms with Gasteiger partial charge in [0.2, 0.25) is 5.91 Å². The molecule has 0 unspecified atom stereocenters. The summed E-state index contributed by atoms with van der Waals surface area (Å²) in [5.41, 5.74) is -0.643. The number of esters is 1. The first-order chi connectivity index (χ1) is 10.7. The summed E-state index contributed by atoms with van der Waals surface area (Å²) in [7, 11) is 1.26. The van der Waals surface area contributed by atoms with Crippen molar-refractivity contribution in [1.82, 2.24) is 10.2 Å². The number of hydrogen-bond acceptors (Lipinski definition) is 6. The number of hydrogen-bond donors (Lipinski definition) is 1. The van der Waals surface area contributed by atoms with E-state index < -0.39 is 23.6 Å². The van der Waals surface area contributed by atoms with Gasteiger partial charge in [0.1, 0.15) is 18.7 Å². The minimum Gasteiger partial charge on any atom is -0.468 e. The maximum atomic E-state index is 12.2. The summed E-state index contributed by atoms with van der Waals surface area (Å²) >= 11 is 1.48. The molecule has 0 aliphatic carbocycles. The van der Waals surface area contributed by atoms with E-state index in [1.54, 1.807) is 20.8 Å². The topological polar surface area (TPSA) is 84.9 Å². The lowest BCUT2D eigenvalue weighted by molar-refractivity contribution is -0.147. The number of amides is 2. The fourth-order valence-electron chi connectivity index (χ4n) is 1.62. The molecule has 8 heteroatoms. The van der Waals surface area contributed by atoms with Crippen LogP contribution in [-0.4, -0.2) is 48.7 Å². The van der Waals surface area contributed by atoms with Gasteiger partial charge >= 0.3 is 12.1 Å². The second-order valence-electron chi connectivity index (χ2n) is 5.76. The molecular formula is C15H22N2O5S. The third-order valence-electron chi connectivity index (χ3n) is 2.61. The number of ether oxygens (including phenoxy) is 2. The first-order valence-corrected chi connectivity index (χ1v) is 7.93. The van der Waals surface area contributed by atoms with Crippen LogP contribution in [0.3, 0.4) is 0 Å². The van der Waals surface area contributed by atoms with Crippen LogP contribution in [0.1, 0.15) is 25.6 Å². The molecule has 1 rings (SSSR count). The van der Waals surface area contributed by atoms with Crippen LogP contribution in [0.2, 0.25) is 0 Å². The Labute approximate surface area is 139 Å². The van der Waals surface area contributed by atoms with Crippen molar-refractivity contribution in [3.8, 4) is 0 Å². The largest absolute Gasteiger partial charge is 0.468 e. The van der Waals surface area contributed by atoms with E-state index in [1.165, 1.54) is 23.3 Å². The van der Waals surface area contributed by atoms with Crippen molar-refractivity contribution in [2.75, 3.05) is 20.2 Å². The highest BCUT2D eigenvalue weighted by Crippen LogP contribution is 2.12. The predicted octanol–water partition coefficient (Wildman–Crippen LogP) is 1.77. The third kappa shape index (κ3) is 7.64. The molecule has 0 atom stereocenters. The molecule has 2 amide bonds. The molecule has 1 heterocycles. The Morgan fingerprint density at radius 2 is 2.00 bits per heavy atom. The summed E-state index contributed by atoms with van der Waals surface area (Å²) in [4.78, 5) is 37.5. The summed E-state index contributed by atoms with van der Waals surface area (Å²) in [6.45, 7) is 5.04. The van der Waals surface area contributed by atoms with E-state index in [0.29, 0.717) is 0 Å². The quantitative estimate of drug-likeness (QED) is 0.797. The van der Waals surface area contributed by atoms with Crippen molar-refractivity contribution in [3.05, 3.63) is 22.4 Å². The molecule has 0 radical (unpaired) electrons. The van der Waals surface area contributed by atoms with Crippen molar-refractivity contribution in [2.45, 2.75) is 32.9 Å². The molecule has 7 nitrogen and oxygen atoms in total. The van der Waals surface area contributed by atoms with Gasteiger partial charge in [-0.05, 0) is 32.2 Å². The molecule has 1 N–H and O–H groups in total. The minimum atomic E-state index is -0.681. The SMILES string of the molecule is COC(=O)CN(Cc1cccs1)C(=O)CNC(=O)OC(C)(C)C. The summed E-state index contributed by atoms with van der Waals surface area (Å²) in [6.07, 6.45) is -0.681. The molecule has 1 aromatic rings. The highest BCUT2D eigenvalue weighted by molar-refractivity contribution is 7.09. The maximum absolute atomic E-state index is 12.2. The van der Waals surface area contributed by atoms with E-state index in [1.807, 2.05) is 17.5 Å². The van der Waals surface area contributed by atoms with Crippen LogP contribution in [0.15, 0.2) is 17.5 Å². The Bertz CT molecular complexity index is 537. The molecule has 0 spiro atoms. The van der Waals surface area contributed by atoms with Gasteiger partial charge in [-0.1, -0.05) is 6.07 Å². The smallest absolute Gasteiger partial charge is 0.408 e. The second kappa shape index (κ2) is 8.52. The zero-order valence-electron chi connectivity index (χ0n) is 13.8. The molecule has 1 aromatic heterocycles. The van der Waals surface area contributed by atoms with Gasteiger partial charge in [-0.3, -0.25) is 9.59 Å². The van der Waals surface area contributed by atoms with Crippen molar-refractivity contribution < 1.29 is 23.9 Å². The van der Waals surface area contributed by atoms with Crippen LogP contribution in [0.5, 0.6) is 0 Å². The first kappa shape index (κ1) is 19.0. The summed E-state index contributed by atoms with van der Waals surface area (Å²) < 4.78 is 9.67. The van der Waals surface area contributed by atoms with Gasteiger partial charge in [0.05, 0.1) is 13.7 Å². The zero-order chi connectivity index (χ0) is 17.5. The van der Waals surface area contributed by atoms with E-state index in [2.05, 4.69) is 10.1 Å². The predicted molar refractivity (Wildman–Crippen MR) is 86.0 cm³/mol. The maximum Gasteiger partial charge on any atom is 0.408 e. The molecule has 0 bridgehead atoms. The number of alkyl carbamates (subject to hydrolysis) is 1. The van der Waals surface area contributed by atoms with E-state index in [4.69, 9.17) is 4.74 Å². The van der Waals surface area contributed by atoms with Gasteiger partial charge in [0, 0.05) is 4.88 Å². The van der Waals surface area contributed by atoms with Gasteiger partial charge in [-0.15, -0.1) is 11.3 Å². The standard InChI is InChI=1S/C15H22N2O5S/c1-15(2,3)22-14(20)16-8-12(18)17(10-13(19)21-4)9-11-6-5-7-23-11/h5-7H,8-10H2,1-4H3,(H,16,20). The lowest BCUT2D eigenvalue weighted by Gasteiger charge is -2.22. The summed E-state index contributed by atoms with van der Waals surface area (Å²) in [6, 6.07) is 3.73. The van der Waals surface area contributed by atoms with E-state index in [-0.39, 0.29) is 19.6 Å². The van der Waals surface area contributed by atoms with E-state index in [0.717, 1.165) is 4.88 Å². The van der Waals surface area contributed by atoms with Crippen molar-refractivity contribution >= 4 is 29.3 Å². The fourth-order valence-corrected chi connectivity index (χ4v) is 2.34. The molecule has 0 aromatic carbocycles. The van der Waals surface area contributed by atoms with Crippen LogP contribution in [0.25, 0.3) is 0 Å². The molecule has 0 aliphatic heterocycles. The zero-order valence-corrected chi connectivity index (χ0v) is 14.6. The van der Waals surface area contributed by atoms with Crippen molar-refractivity contribution in [3.63, 3.8) is 0 Å². The van der Waals surface area contributed by atoms with Crippen LogP contribution in [0.4, 0.5) is 4.79 Å². The monoisotopic (exact) mass is 342 g/mol. The van der Waals surface area contributed by atoms with Crippen LogP contribution in [-0.2, 0) is 25.6 Å². The minimum absolute atomic E-state index is 0.177. The van der Waals surface area contributed by atoms with Gasteiger partial charge in [0.25, 0.3) is 0 Å². The lowest BCUT2D eigenvalue weighted by atomic mass is 10.2. The molecule has 0 saturated carbocycles. The normalized spacial score (nSPS) is 10.8. The molecule has 0 saturated heterocycles. The van der Waals surface area contributed by atoms with E-state index in [9.17, 15) is 14.4 Å².